The van der Waals surface area contributed by atoms with E-state index in [0.29, 0.717) is 5.56 Å². The van der Waals surface area contributed by atoms with Crippen molar-refractivity contribution in [2.24, 2.45) is 0 Å². The molecular weight excluding hydrogens is 223 g/mol. The molecule has 18 heavy (non-hydrogen) atoms. The van der Waals surface area contributed by atoms with Gasteiger partial charge >= 0.3 is 0 Å². The van der Waals surface area contributed by atoms with E-state index < -0.39 is 0 Å². The minimum absolute atomic E-state index is 0.161. The zero-order valence-corrected chi connectivity index (χ0v) is 10.8. The van der Waals surface area contributed by atoms with Crippen LogP contribution < -0.4 is 0 Å². The molecule has 0 N–H and O–H groups in total. The fraction of sp³-hybridized carbons (Fsp3) is 0.176. The fourth-order valence-electron chi connectivity index (χ4n) is 2.14. The van der Waals surface area contributed by atoms with Gasteiger partial charge in [-0.2, -0.15) is 0 Å². The highest BCUT2D eigenvalue weighted by Gasteiger charge is 2.07. The molecule has 0 amide bonds. The standard InChI is InChI=1S/C17H17F/c1-3-13(4-2)15-10-11-16(17(18)12-15)14-8-6-5-7-9-14/h3,5-12H,4H2,1-2H3/b13-3-. The molecule has 2 aromatic carbocycles. The Balaban J connectivity index is 2.43. The average Bonchev–Trinajstić information content (AvgIpc) is 2.41. The van der Waals surface area contributed by atoms with E-state index in [1.54, 1.807) is 6.07 Å². The molecular formula is C17H17F. The molecule has 1 heteroatoms. The Morgan fingerprint density at radius 2 is 1.83 bits per heavy atom. The highest BCUT2D eigenvalue weighted by Crippen LogP contribution is 2.26. The molecule has 2 rings (SSSR count). The van der Waals surface area contributed by atoms with Gasteiger partial charge in [0.05, 0.1) is 0 Å². The first-order valence-electron chi connectivity index (χ1n) is 6.26. The van der Waals surface area contributed by atoms with Crippen molar-refractivity contribution in [1.82, 2.24) is 0 Å². The van der Waals surface area contributed by atoms with Crippen molar-refractivity contribution in [3.8, 4) is 11.1 Å². The SMILES string of the molecule is C/C=C(/CC)c1ccc(-c2ccccc2)c(F)c1. The Labute approximate surface area is 108 Å². The third kappa shape index (κ3) is 2.51. The van der Waals surface area contributed by atoms with Gasteiger partial charge < -0.3 is 0 Å². The average molecular weight is 240 g/mol. The molecule has 0 saturated heterocycles. The van der Waals surface area contributed by atoms with Crippen LogP contribution in [0.3, 0.4) is 0 Å². The van der Waals surface area contributed by atoms with Gasteiger partial charge in [0.25, 0.3) is 0 Å². The van der Waals surface area contributed by atoms with E-state index in [9.17, 15) is 4.39 Å². The summed E-state index contributed by atoms with van der Waals surface area (Å²) in [5, 5.41) is 0. The molecule has 0 fully saturated rings. The van der Waals surface area contributed by atoms with E-state index in [-0.39, 0.29) is 5.82 Å². The normalized spacial score (nSPS) is 11.6. The number of rotatable bonds is 3. The van der Waals surface area contributed by atoms with Gasteiger partial charge in [0.1, 0.15) is 5.82 Å². The molecule has 0 aliphatic heterocycles. The number of benzene rings is 2. The van der Waals surface area contributed by atoms with E-state index >= 15 is 0 Å². The molecule has 0 spiro atoms. The Bertz CT molecular complexity index is 553. The lowest BCUT2D eigenvalue weighted by atomic mass is 9.98. The van der Waals surface area contributed by atoms with Crippen molar-refractivity contribution in [3.63, 3.8) is 0 Å². The van der Waals surface area contributed by atoms with Gasteiger partial charge in [-0.25, -0.2) is 4.39 Å². The molecule has 92 valence electrons. The van der Waals surface area contributed by atoms with Crippen LogP contribution in [0.4, 0.5) is 4.39 Å². The topological polar surface area (TPSA) is 0 Å². The first-order valence-corrected chi connectivity index (χ1v) is 6.26. The quantitative estimate of drug-likeness (QED) is 0.682. The van der Waals surface area contributed by atoms with E-state index in [0.717, 1.165) is 17.5 Å². The van der Waals surface area contributed by atoms with E-state index in [2.05, 4.69) is 6.92 Å². The molecule has 0 saturated carbocycles. The van der Waals surface area contributed by atoms with Gasteiger partial charge in [-0.1, -0.05) is 55.5 Å². The lowest BCUT2D eigenvalue weighted by Gasteiger charge is -2.08. The van der Waals surface area contributed by atoms with E-state index in [4.69, 9.17) is 0 Å². The van der Waals surface area contributed by atoms with Crippen LogP contribution in [0.15, 0.2) is 54.6 Å². The third-order valence-corrected chi connectivity index (χ3v) is 3.15. The lowest BCUT2D eigenvalue weighted by molar-refractivity contribution is 0.631. The van der Waals surface area contributed by atoms with Crippen molar-refractivity contribution in [2.45, 2.75) is 20.3 Å². The molecule has 2 aromatic rings. The molecule has 0 unspecified atom stereocenters. The summed E-state index contributed by atoms with van der Waals surface area (Å²) in [6.45, 7) is 4.07. The van der Waals surface area contributed by atoms with E-state index in [1.165, 1.54) is 5.57 Å². The van der Waals surface area contributed by atoms with Gasteiger partial charge in [-0.15, -0.1) is 0 Å². The molecule has 0 aliphatic carbocycles. The summed E-state index contributed by atoms with van der Waals surface area (Å²) in [5.41, 5.74) is 3.72. The summed E-state index contributed by atoms with van der Waals surface area (Å²) in [6, 6.07) is 15.1. The second kappa shape index (κ2) is 5.63. The number of hydrogen-bond acceptors (Lipinski definition) is 0. The van der Waals surface area contributed by atoms with Crippen LogP contribution in [0.25, 0.3) is 16.7 Å². The van der Waals surface area contributed by atoms with Crippen LogP contribution in [0.2, 0.25) is 0 Å². The number of halogens is 1. The monoisotopic (exact) mass is 240 g/mol. The first-order chi connectivity index (χ1) is 8.76. The van der Waals surface area contributed by atoms with Gasteiger partial charge in [-0.05, 0) is 36.1 Å². The highest BCUT2D eigenvalue weighted by molar-refractivity contribution is 5.70. The molecule has 0 radical (unpaired) electrons. The Kier molecular flexibility index (Phi) is 3.93. The Morgan fingerprint density at radius 3 is 2.39 bits per heavy atom. The number of hydrogen-bond donors (Lipinski definition) is 0. The zero-order chi connectivity index (χ0) is 13.0. The van der Waals surface area contributed by atoms with Crippen molar-refractivity contribution in [3.05, 3.63) is 66.0 Å². The van der Waals surface area contributed by atoms with Gasteiger partial charge in [0.2, 0.25) is 0 Å². The number of allylic oxidation sites excluding steroid dienone is 2. The maximum Gasteiger partial charge on any atom is 0.131 e. The minimum Gasteiger partial charge on any atom is -0.206 e. The largest absolute Gasteiger partial charge is 0.206 e. The van der Waals surface area contributed by atoms with Crippen LogP contribution in [0, 0.1) is 5.82 Å². The third-order valence-electron chi connectivity index (χ3n) is 3.15. The smallest absolute Gasteiger partial charge is 0.131 e. The van der Waals surface area contributed by atoms with Crippen molar-refractivity contribution in [2.75, 3.05) is 0 Å². The maximum absolute atomic E-state index is 14.1. The lowest BCUT2D eigenvalue weighted by Crippen LogP contribution is -1.89. The van der Waals surface area contributed by atoms with Gasteiger partial charge in [-0.3, -0.25) is 0 Å². The van der Waals surface area contributed by atoms with Crippen LogP contribution >= 0.6 is 0 Å². The van der Waals surface area contributed by atoms with Crippen molar-refractivity contribution < 1.29 is 4.39 Å². The summed E-state index contributed by atoms with van der Waals surface area (Å²) in [6.07, 6.45) is 2.96. The second-order valence-corrected chi connectivity index (χ2v) is 4.23. The van der Waals surface area contributed by atoms with Crippen molar-refractivity contribution in [1.29, 1.82) is 0 Å². The van der Waals surface area contributed by atoms with Gasteiger partial charge in [0.15, 0.2) is 0 Å². The van der Waals surface area contributed by atoms with E-state index in [1.807, 2.05) is 55.5 Å². The molecule has 0 nitrogen and oxygen atoms in total. The summed E-state index contributed by atoms with van der Waals surface area (Å²) < 4.78 is 14.1. The second-order valence-electron chi connectivity index (χ2n) is 4.23. The van der Waals surface area contributed by atoms with Crippen LogP contribution in [-0.4, -0.2) is 0 Å². The maximum atomic E-state index is 14.1. The summed E-state index contributed by atoms with van der Waals surface area (Å²) in [5.74, 6) is -0.161. The van der Waals surface area contributed by atoms with Crippen LogP contribution in [0.5, 0.6) is 0 Å². The van der Waals surface area contributed by atoms with Crippen LogP contribution in [0.1, 0.15) is 25.8 Å². The minimum atomic E-state index is -0.161. The van der Waals surface area contributed by atoms with Crippen LogP contribution in [-0.2, 0) is 0 Å². The summed E-state index contributed by atoms with van der Waals surface area (Å²) in [4.78, 5) is 0. The molecule has 0 aromatic heterocycles. The summed E-state index contributed by atoms with van der Waals surface area (Å²) >= 11 is 0. The Morgan fingerprint density at radius 1 is 1.11 bits per heavy atom. The highest BCUT2D eigenvalue weighted by atomic mass is 19.1. The molecule has 0 aliphatic rings. The molecule has 0 heterocycles. The predicted molar refractivity (Wildman–Crippen MR) is 75.8 cm³/mol. The fourth-order valence-corrected chi connectivity index (χ4v) is 2.14. The van der Waals surface area contributed by atoms with Crippen molar-refractivity contribution >= 4 is 5.57 Å². The predicted octanol–water partition coefficient (Wildman–Crippen LogP) is 5.31. The molecule has 0 atom stereocenters. The molecule has 0 bridgehead atoms. The Hall–Kier alpha value is -1.89. The zero-order valence-electron chi connectivity index (χ0n) is 10.8. The van der Waals surface area contributed by atoms with Gasteiger partial charge in [0, 0.05) is 5.56 Å². The first kappa shape index (κ1) is 12.6. The summed E-state index contributed by atoms with van der Waals surface area (Å²) in [7, 11) is 0.